The van der Waals surface area contributed by atoms with Gasteiger partial charge in [-0.25, -0.2) is 0 Å². The van der Waals surface area contributed by atoms with Crippen LogP contribution in [0.1, 0.15) is 81.1 Å². The van der Waals surface area contributed by atoms with Crippen LogP contribution in [0, 0.1) is 34.0 Å². The molecule has 0 amide bonds. The first-order valence-corrected chi connectivity index (χ1v) is 11.5. The lowest BCUT2D eigenvalue weighted by Crippen LogP contribution is -2.50. The van der Waals surface area contributed by atoms with Crippen molar-refractivity contribution in [2.75, 3.05) is 0 Å². The van der Waals surface area contributed by atoms with E-state index in [2.05, 4.69) is 0 Å². The molecule has 2 unspecified atom stereocenters. The van der Waals surface area contributed by atoms with Gasteiger partial charge in [0.05, 0.1) is 16.4 Å². The molecule has 3 rings (SSSR count). The topological polar surface area (TPSA) is 91.7 Å². The molecule has 0 aromatic rings. The second kappa shape index (κ2) is 7.13. The van der Waals surface area contributed by atoms with E-state index in [1.54, 1.807) is 20.8 Å². The summed E-state index contributed by atoms with van der Waals surface area (Å²) >= 11 is 0. The Morgan fingerprint density at radius 1 is 1.23 bits per heavy atom. The zero-order chi connectivity index (χ0) is 23.7. The van der Waals surface area contributed by atoms with Gasteiger partial charge in [-0.05, 0) is 70.6 Å². The number of carbonyl (C=O) groups is 3. The van der Waals surface area contributed by atoms with E-state index in [9.17, 15) is 24.6 Å². The minimum atomic E-state index is -1.35. The van der Waals surface area contributed by atoms with Crippen LogP contribution in [-0.4, -0.2) is 33.2 Å². The summed E-state index contributed by atoms with van der Waals surface area (Å²) in [5.41, 5.74) is -3.32. The molecule has 0 aliphatic heterocycles. The maximum Gasteiger partial charge on any atom is 0.183 e. The molecular weight excluding hydrogens is 392 g/mol. The highest BCUT2D eigenvalue weighted by atomic mass is 16.3. The standard InChI is InChI=1S/C26H38O5/c1-9-15(4)19(27)18-20(28)25(11-10-14(2)3)12-17-23(5,6)16(24(7,8)31)13-26(17,21(18)29)22(25)30/h10,15-17,28,31H,9,11-13H2,1-8H3/t15?,16-,17-,25?,26+/m0/s1. The van der Waals surface area contributed by atoms with Crippen molar-refractivity contribution in [3.8, 4) is 0 Å². The van der Waals surface area contributed by atoms with Crippen molar-refractivity contribution < 1.29 is 24.6 Å². The van der Waals surface area contributed by atoms with Gasteiger partial charge in [0.15, 0.2) is 17.3 Å². The molecule has 5 heteroatoms. The van der Waals surface area contributed by atoms with Gasteiger partial charge in [0, 0.05) is 5.92 Å². The Labute approximate surface area is 186 Å². The molecular formula is C26H38O5. The monoisotopic (exact) mass is 430 g/mol. The largest absolute Gasteiger partial charge is 0.510 e. The Kier molecular flexibility index (Phi) is 5.50. The number of hydrogen-bond acceptors (Lipinski definition) is 5. The number of carbonyl (C=O) groups excluding carboxylic acids is 3. The Morgan fingerprint density at radius 3 is 2.29 bits per heavy atom. The molecule has 5 nitrogen and oxygen atoms in total. The minimum absolute atomic E-state index is 0.161. The van der Waals surface area contributed by atoms with E-state index in [4.69, 9.17) is 0 Å². The van der Waals surface area contributed by atoms with Crippen LogP contribution in [0.2, 0.25) is 0 Å². The maximum atomic E-state index is 14.1. The number of aliphatic hydroxyl groups is 2. The maximum absolute atomic E-state index is 14.1. The lowest BCUT2D eigenvalue weighted by molar-refractivity contribution is -0.145. The third-order valence-electron chi connectivity index (χ3n) is 8.65. The first-order valence-electron chi connectivity index (χ1n) is 11.5. The molecule has 3 aliphatic rings. The van der Waals surface area contributed by atoms with Crippen LogP contribution in [0.4, 0.5) is 0 Å². The molecule has 0 aromatic carbocycles. The number of ketones is 3. The fourth-order valence-electron chi connectivity index (χ4n) is 6.76. The van der Waals surface area contributed by atoms with Gasteiger partial charge in [0.25, 0.3) is 0 Å². The van der Waals surface area contributed by atoms with E-state index < -0.39 is 33.5 Å². The van der Waals surface area contributed by atoms with Gasteiger partial charge in [0.2, 0.25) is 0 Å². The first kappa shape index (κ1) is 23.9. The predicted octanol–water partition coefficient (Wildman–Crippen LogP) is 4.73. The number of aliphatic hydroxyl groups excluding tert-OH is 1. The van der Waals surface area contributed by atoms with Crippen LogP contribution >= 0.6 is 0 Å². The molecule has 0 saturated heterocycles. The average molecular weight is 431 g/mol. The van der Waals surface area contributed by atoms with Crippen molar-refractivity contribution in [2.24, 2.45) is 34.0 Å². The van der Waals surface area contributed by atoms with E-state index in [1.807, 2.05) is 40.7 Å². The van der Waals surface area contributed by atoms with Crippen LogP contribution in [0.25, 0.3) is 0 Å². The SMILES string of the molecule is CCC(C)C(=O)C1=C(O)C2(CC=C(C)C)C[C@H]3C(C)(C)[C@@H](C(C)(C)O)C[C@@]3(C1=O)C2=O. The number of rotatable bonds is 6. The Bertz CT molecular complexity index is 895. The lowest BCUT2D eigenvalue weighted by atomic mass is 9.62. The van der Waals surface area contributed by atoms with Crippen molar-refractivity contribution in [2.45, 2.75) is 86.7 Å². The van der Waals surface area contributed by atoms with Gasteiger partial charge in [-0.3, -0.25) is 14.4 Å². The molecule has 3 aliphatic carbocycles. The normalized spacial score (nSPS) is 35.3. The Morgan fingerprint density at radius 2 is 1.81 bits per heavy atom. The fourth-order valence-corrected chi connectivity index (χ4v) is 6.76. The van der Waals surface area contributed by atoms with Gasteiger partial charge >= 0.3 is 0 Å². The first-order chi connectivity index (χ1) is 14.1. The van der Waals surface area contributed by atoms with E-state index >= 15 is 0 Å². The van der Waals surface area contributed by atoms with Crippen LogP contribution in [0.15, 0.2) is 23.0 Å². The molecule has 2 fully saturated rings. The van der Waals surface area contributed by atoms with E-state index in [1.165, 1.54) is 0 Å². The van der Waals surface area contributed by atoms with Crippen molar-refractivity contribution >= 4 is 17.3 Å². The second-order valence-electron chi connectivity index (χ2n) is 11.6. The summed E-state index contributed by atoms with van der Waals surface area (Å²) in [6.45, 7) is 15.0. The summed E-state index contributed by atoms with van der Waals surface area (Å²) in [7, 11) is 0. The van der Waals surface area contributed by atoms with Crippen molar-refractivity contribution in [3.63, 3.8) is 0 Å². The van der Waals surface area contributed by atoms with E-state index in [-0.39, 0.29) is 47.6 Å². The number of hydrogen-bond donors (Lipinski definition) is 2. The van der Waals surface area contributed by atoms with Gasteiger partial charge < -0.3 is 10.2 Å². The molecule has 1 spiro atoms. The second-order valence-corrected chi connectivity index (χ2v) is 11.6. The molecule has 0 aromatic heterocycles. The average Bonchev–Trinajstić information content (AvgIpc) is 3.03. The van der Waals surface area contributed by atoms with Gasteiger partial charge in [-0.2, -0.15) is 0 Å². The van der Waals surface area contributed by atoms with Crippen LogP contribution in [0.5, 0.6) is 0 Å². The van der Waals surface area contributed by atoms with Gasteiger partial charge in [0.1, 0.15) is 11.3 Å². The highest BCUT2D eigenvalue weighted by Gasteiger charge is 2.78. The quantitative estimate of drug-likeness (QED) is 0.361. The van der Waals surface area contributed by atoms with E-state index in [0.717, 1.165) is 5.57 Å². The minimum Gasteiger partial charge on any atom is -0.510 e. The highest BCUT2D eigenvalue weighted by molar-refractivity contribution is 6.32. The predicted molar refractivity (Wildman–Crippen MR) is 119 cm³/mol. The molecule has 31 heavy (non-hydrogen) atoms. The summed E-state index contributed by atoms with van der Waals surface area (Å²) in [5.74, 6) is -2.50. The molecule has 5 atom stereocenters. The van der Waals surface area contributed by atoms with Crippen molar-refractivity contribution in [1.82, 2.24) is 0 Å². The summed E-state index contributed by atoms with van der Waals surface area (Å²) < 4.78 is 0. The molecule has 172 valence electrons. The Hall–Kier alpha value is -1.75. The summed E-state index contributed by atoms with van der Waals surface area (Å²) in [6, 6.07) is 0. The number of fused-ring (bicyclic) bond motifs is 1. The van der Waals surface area contributed by atoms with Crippen LogP contribution in [0.3, 0.4) is 0 Å². The summed E-state index contributed by atoms with van der Waals surface area (Å²) in [4.78, 5) is 41.3. The molecule has 2 saturated carbocycles. The van der Waals surface area contributed by atoms with Gasteiger partial charge in [-0.15, -0.1) is 0 Å². The molecule has 0 heterocycles. The van der Waals surface area contributed by atoms with Crippen molar-refractivity contribution in [3.05, 3.63) is 23.0 Å². The molecule has 2 bridgehead atoms. The zero-order valence-corrected chi connectivity index (χ0v) is 20.3. The van der Waals surface area contributed by atoms with Crippen molar-refractivity contribution in [1.29, 1.82) is 0 Å². The zero-order valence-electron chi connectivity index (χ0n) is 20.3. The number of Topliss-reactive ketones (excluding diaryl/α,β-unsaturated/α-hetero) is 3. The fraction of sp³-hybridized carbons (Fsp3) is 0.731. The van der Waals surface area contributed by atoms with Crippen LogP contribution < -0.4 is 0 Å². The Balaban J connectivity index is 2.29. The lowest BCUT2D eigenvalue weighted by Gasteiger charge is -2.41. The van der Waals surface area contributed by atoms with Crippen LogP contribution in [-0.2, 0) is 14.4 Å². The van der Waals surface area contributed by atoms with E-state index in [0.29, 0.717) is 12.8 Å². The summed E-state index contributed by atoms with van der Waals surface area (Å²) in [5, 5.41) is 22.3. The summed E-state index contributed by atoms with van der Waals surface area (Å²) in [6.07, 6.45) is 3.29. The van der Waals surface area contributed by atoms with Gasteiger partial charge in [-0.1, -0.05) is 39.3 Å². The third kappa shape index (κ3) is 3.02. The molecule has 0 radical (unpaired) electrons. The third-order valence-corrected chi connectivity index (χ3v) is 8.65. The highest BCUT2D eigenvalue weighted by Crippen LogP contribution is 2.73. The smallest absolute Gasteiger partial charge is 0.183 e. The number of allylic oxidation sites excluding steroid dienone is 4. The molecule has 2 N–H and O–H groups in total.